The SMILES string of the molecule is CC(C)C(NCCCN)C(N)=O. The molecule has 4 nitrogen and oxygen atoms in total. The molecule has 0 aliphatic rings. The van der Waals surface area contributed by atoms with Crippen molar-refractivity contribution in [2.24, 2.45) is 17.4 Å². The molecule has 0 aromatic rings. The van der Waals surface area contributed by atoms with Crippen LogP contribution in [-0.2, 0) is 4.79 Å². The number of hydrogen-bond acceptors (Lipinski definition) is 3. The lowest BCUT2D eigenvalue weighted by Crippen LogP contribution is -2.45. The quantitative estimate of drug-likeness (QED) is 0.471. The minimum Gasteiger partial charge on any atom is -0.368 e. The fourth-order valence-electron chi connectivity index (χ4n) is 1.02. The maximum absolute atomic E-state index is 10.9. The fraction of sp³-hybridized carbons (Fsp3) is 0.875. The normalized spacial score (nSPS) is 13.3. The summed E-state index contributed by atoms with van der Waals surface area (Å²) in [5, 5.41) is 3.06. The molecule has 0 aromatic carbocycles. The number of hydrogen-bond donors (Lipinski definition) is 3. The van der Waals surface area contributed by atoms with Gasteiger partial charge >= 0.3 is 0 Å². The lowest BCUT2D eigenvalue weighted by Gasteiger charge is -2.18. The third kappa shape index (κ3) is 4.31. The summed E-state index contributed by atoms with van der Waals surface area (Å²) in [6, 6.07) is -0.225. The lowest BCUT2D eigenvalue weighted by atomic mass is 10.0. The van der Waals surface area contributed by atoms with Gasteiger partial charge in [0.25, 0.3) is 0 Å². The molecule has 0 fully saturated rings. The van der Waals surface area contributed by atoms with E-state index in [0.717, 1.165) is 13.0 Å². The zero-order valence-electron chi connectivity index (χ0n) is 7.84. The number of nitrogens with two attached hydrogens (primary N) is 2. The summed E-state index contributed by atoms with van der Waals surface area (Å²) >= 11 is 0. The lowest BCUT2D eigenvalue weighted by molar-refractivity contribution is -0.121. The first-order valence-electron chi connectivity index (χ1n) is 4.32. The Balaban J connectivity index is 3.72. The first-order chi connectivity index (χ1) is 5.59. The van der Waals surface area contributed by atoms with Gasteiger partial charge in [-0.2, -0.15) is 0 Å². The highest BCUT2D eigenvalue weighted by Gasteiger charge is 2.17. The van der Waals surface area contributed by atoms with E-state index in [1.54, 1.807) is 0 Å². The molecule has 4 heteroatoms. The summed E-state index contributed by atoms with van der Waals surface area (Å²) in [5.74, 6) is -0.0534. The first-order valence-corrected chi connectivity index (χ1v) is 4.32. The van der Waals surface area contributed by atoms with Crippen LogP contribution >= 0.6 is 0 Å². The van der Waals surface area contributed by atoms with E-state index in [-0.39, 0.29) is 17.9 Å². The number of nitrogens with one attached hydrogen (secondary N) is 1. The fourth-order valence-corrected chi connectivity index (χ4v) is 1.02. The third-order valence-electron chi connectivity index (χ3n) is 1.72. The average molecular weight is 173 g/mol. The average Bonchev–Trinajstić information content (AvgIpc) is 1.96. The molecule has 12 heavy (non-hydrogen) atoms. The van der Waals surface area contributed by atoms with Gasteiger partial charge in [0.15, 0.2) is 0 Å². The molecule has 0 spiro atoms. The van der Waals surface area contributed by atoms with Crippen molar-refractivity contribution in [2.45, 2.75) is 26.3 Å². The molecule has 0 radical (unpaired) electrons. The van der Waals surface area contributed by atoms with Crippen LogP contribution in [0, 0.1) is 5.92 Å². The van der Waals surface area contributed by atoms with Gasteiger partial charge in [0.1, 0.15) is 0 Å². The molecule has 1 amide bonds. The zero-order valence-corrected chi connectivity index (χ0v) is 7.84. The molecule has 72 valence electrons. The molecule has 0 aromatic heterocycles. The second-order valence-electron chi connectivity index (χ2n) is 3.22. The van der Waals surface area contributed by atoms with Gasteiger partial charge in [0, 0.05) is 0 Å². The van der Waals surface area contributed by atoms with Gasteiger partial charge in [-0.3, -0.25) is 4.79 Å². The van der Waals surface area contributed by atoms with Crippen LogP contribution in [0.5, 0.6) is 0 Å². The molecular formula is C8H19N3O. The maximum atomic E-state index is 10.9. The van der Waals surface area contributed by atoms with Crippen molar-refractivity contribution in [2.75, 3.05) is 13.1 Å². The Labute approximate surface area is 73.7 Å². The van der Waals surface area contributed by atoms with Gasteiger partial charge in [-0.25, -0.2) is 0 Å². The third-order valence-corrected chi connectivity index (χ3v) is 1.72. The van der Waals surface area contributed by atoms with E-state index in [1.165, 1.54) is 0 Å². The predicted octanol–water partition coefficient (Wildman–Crippen LogP) is -0.565. The van der Waals surface area contributed by atoms with E-state index < -0.39 is 0 Å². The second-order valence-corrected chi connectivity index (χ2v) is 3.22. The van der Waals surface area contributed by atoms with Crippen molar-refractivity contribution in [1.82, 2.24) is 5.32 Å². The van der Waals surface area contributed by atoms with E-state index in [0.29, 0.717) is 6.54 Å². The Kier molecular flexibility index (Phi) is 5.66. The molecule has 0 saturated carbocycles. The van der Waals surface area contributed by atoms with Gasteiger partial charge in [0.2, 0.25) is 5.91 Å². The summed E-state index contributed by atoms with van der Waals surface area (Å²) in [7, 11) is 0. The number of rotatable bonds is 6. The number of primary amides is 1. The van der Waals surface area contributed by atoms with Gasteiger partial charge in [-0.1, -0.05) is 13.8 Å². The maximum Gasteiger partial charge on any atom is 0.234 e. The van der Waals surface area contributed by atoms with Gasteiger partial charge < -0.3 is 16.8 Å². The summed E-state index contributed by atoms with van der Waals surface area (Å²) in [6.45, 7) is 5.31. The Morgan fingerprint density at radius 1 is 1.50 bits per heavy atom. The predicted molar refractivity (Wildman–Crippen MR) is 49.5 cm³/mol. The van der Waals surface area contributed by atoms with Crippen LogP contribution in [0.1, 0.15) is 20.3 Å². The van der Waals surface area contributed by atoms with E-state index in [1.807, 2.05) is 13.8 Å². The standard InChI is InChI=1S/C8H19N3O/c1-6(2)7(8(10)12)11-5-3-4-9/h6-7,11H,3-5,9H2,1-2H3,(H2,10,12). The van der Waals surface area contributed by atoms with Gasteiger partial charge in [0.05, 0.1) is 6.04 Å². The summed E-state index contributed by atoms with van der Waals surface area (Å²) in [4.78, 5) is 10.9. The molecule has 0 aliphatic heterocycles. The number of carbonyl (C=O) groups is 1. The molecular weight excluding hydrogens is 154 g/mol. The first kappa shape index (κ1) is 11.4. The second kappa shape index (κ2) is 5.97. The van der Waals surface area contributed by atoms with Crippen LogP contribution in [0.3, 0.4) is 0 Å². The largest absolute Gasteiger partial charge is 0.368 e. The van der Waals surface area contributed by atoms with E-state index in [4.69, 9.17) is 11.5 Å². The van der Waals surface area contributed by atoms with Crippen LogP contribution in [0.2, 0.25) is 0 Å². The highest BCUT2D eigenvalue weighted by atomic mass is 16.1. The van der Waals surface area contributed by atoms with E-state index in [9.17, 15) is 4.79 Å². The minimum atomic E-state index is -0.290. The Hall–Kier alpha value is -0.610. The van der Waals surface area contributed by atoms with Gasteiger partial charge in [-0.15, -0.1) is 0 Å². The van der Waals surface area contributed by atoms with Crippen molar-refractivity contribution in [3.05, 3.63) is 0 Å². The van der Waals surface area contributed by atoms with Crippen molar-refractivity contribution in [3.63, 3.8) is 0 Å². The Bertz CT molecular complexity index is 136. The van der Waals surface area contributed by atoms with Crippen LogP contribution in [0.15, 0.2) is 0 Å². The molecule has 0 aliphatic carbocycles. The smallest absolute Gasteiger partial charge is 0.234 e. The molecule has 1 atom stereocenters. The van der Waals surface area contributed by atoms with Crippen LogP contribution in [-0.4, -0.2) is 25.0 Å². The number of carbonyl (C=O) groups excluding carboxylic acids is 1. The van der Waals surface area contributed by atoms with Crippen LogP contribution in [0.25, 0.3) is 0 Å². The molecule has 5 N–H and O–H groups in total. The highest BCUT2D eigenvalue weighted by molar-refractivity contribution is 5.80. The van der Waals surface area contributed by atoms with Crippen LogP contribution < -0.4 is 16.8 Å². The van der Waals surface area contributed by atoms with Crippen molar-refractivity contribution >= 4 is 5.91 Å². The van der Waals surface area contributed by atoms with Crippen LogP contribution in [0.4, 0.5) is 0 Å². The van der Waals surface area contributed by atoms with Crippen molar-refractivity contribution in [3.8, 4) is 0 Å². The molecule has 0 bridgehead atoms. The summed E-state index contributed by atoms with van der Waals surface area (Å²) < 4.78 is 0. The summed E-state index contributed by atoms with van der Waals surface area (Å²) in [6.07, 6.45) is 0.872. The molecule has 0 heterocycles. The summed E-state index contributed by atoms with van der Waals surface area (Å²) in [5.41, 5.74) is 10.5. The topological polar surface area (TPSA) is 81.1 Å². The Morgan fingerprint density at radius 2 is 2.08 bits per heavy atom. The van der Waals surface area contributed by atoms with Crippen molar-refractivity contribution in [1.29, 1.82) is 0 Å². The Morgan fingerprint density at radius 3 is 2.42 bits per heavy atom. The zero-order chi connectivity index (χ0) is 9.56. The van der Waals surface area contributed by atoms with Crippen molar-refractivity contribution < 1.29 is 4.79 Å². The monoisotopic (exact) mass is 173 g/mol. The highest BCUT2D eigenvalue weighted by Crippen LogP contribution is 1.99. The number of amides is 1. The minimum absolute atomic E-state index is 0.225. The molecule has 0 saturated heterocycles. The van der Waals surface area contributed by atoms with E-state index >= 15 is 0 Å². The molecule has 1 unspecified atom stereocenters. The molecule has 0 rings (SSSR count). The van der Waals surface area contributed by atoms with Gasteiger partial charge in [-0.05, 0) is 25.4 Å². The van der Waals surface area contributed by atoms with E-state index in [2.05, 4.69) is 5.32 Å².